The second-order valence-corrected chi connectivity index (χ2v) is 10.8. The smallest absolute Gasteiger partial charge is 0.411 e. The van der Waals surface area contributed by atoms with Crippen LogP contribution in [0.3, 0.4) is 0 Å². The van der Waals surface area contributed by atoms with E-state index in [1.165, 1.54) is 0 Å². The van der Waals surface area contributed by atoms with Gasteiger partial charge in [0.15, 0.2) is 0 Å². The van der Waals surface area contributed by atoms with Gasteiger partial charge in [-0.3, -0.25) is 10.3 Å². The molecule has 0 spiro atoms. The Labute approximate surface area is 245 Å². The molecule has 0 bridgehead atoms. The Morgan fingerprint density at radius 2 is 1.88 bits per heavy atom. The summed E-state index contributed by atoms with van der Waals surface area (Å²) in [5, 5.41) is 11.9. The lowest BCUT2D eigenvalue weighted by Gasteiger charge is -2.33. The fourth-order valence-corrected chi connectivity index (χ4v) is 6.00. The average molecular weight is 593 g/mol. The molecular weight excluding hydrogens is 561 g/mol. The molecule has 1 atom stereocenters. The minimum Gasteiger partial charge on any atom is -0.449 e. The number of aryl methyl sites for hydroxylation is 2. The normalized spacial score (nSPS) is 15.2. The number of hydrogen-bond acceptors (Lipinski definition) is 6. The van der Waals surface area contributed by atoms with Crippen molar-refractivity contribution in [1.82, 2.24) is 24.5 Å². The van der Waals surface area contributed by atoms with Crippen molar-refractivity contribution in [2.24, 2.45) is 13.0 Å². The lowest BCUT2D eigenvalue weighted by Crippen LogP contribution is -2.27. The number of hydrogen-bond donors (Lipinski definition) is 1. The number of nitrogens with zero attached hydrogens (tertiary/aromatic N) is 5. The van der Waals surface area contributed by atoms with Crippen LogP contribution in [0.2, 0.25) is 0 Å². The number of alkyl halides is 3. The van der Waals surface area contributed by atoms with E-state index in [1.54, 1.807) is 10.7 Å². The summed E-state index contributed by atoms with van der Waals surface area (Å²) in [7, 11) is 1.84. The first-order valence-corrected chi connectivity index (χ1v) is 14.1. The van der Waals surface area contributed by atoms with Crippen molar-refractivity contribution in [3.63, 3.8) is 0 Å². The molecule has 224 valence electrons. The highest BCUT2D eigenvalue weighted by Gasteiger charge is 2.31. The molecular formula is C31H31F3N6O3. The van der Waals surface area contributed by atoms with E-state index in [2.05, 4.69) is 38.4 Å². The third-order valence-electron chi connectivity index (χ3n) is 7.90. The summed E-state index contributed by atoms with van der Waals surface area (Å²) in [5.41, 5.74) is 6.56. The summed E-state index contributed by atoms with van der Waals surface area (Å²) < 4.78 is 52.2. The molecule has 1 saturated heterocycles. The molecule has 2 aromatic carbocycles. The van der Waals surface area contributed by atoms with Gasteiger partial charge in [0.25, 0.3) is 0 Å². The molecule has 4 heterocycles. The summed E-state index contributed by atoms with van der Waals surface area (Å²) in [6.07, 6.45) is -3.03. The van der Waals surface area contributed by atoms with Crippen molar-refractivity contribution in [3.05, 3.63) is 72.1 Å². The number of nitrogens with one attached hydrogen (secondary N) is 1. The van der Waals surface area contributed by atoms with E-state index >= 15 is 0 Å². The molecule has 1 N–H and O–H groups in total. The largest absolute Gasteiger partial charge is 0.449 e. The highest BCUT2D eigenvalue weighted by molar-refractivity contribution is 6.08. The first-order chi connectivity index (χ1) is 20.7. The molecule has 5 aromatic rings. The number of carbonyl (C=O) groups excluding carboxylic acids is 1. The van der Waals surface area contributed by atoms with Crippen LogP contribution in [0.5, 0.6) is 0 Å². The molecule has 12 heteroatoms. The fraction of sp³-hybridized carbons (Fsp3) is 0.355. The molecule has 43 heavy (non-hydrogen) atoms. The van der Waals surface area contributed by atoms with E-state index in [4.69, 9.17) is 14.5 Å². The molecule has 0 radical (unpaired) electrons. The Kier molecular flexibility index (Phi) is 7.78. The third kappa shape index (κ3) is 5.92. The molecule has 6 rings (SSSR count). The number of amides is 1. The van der Waals surface area contributed by atoms with Crippen molar-refractivity contribution >= 4 is 33.7 Å². The number of halogens is 3. The summed E-state index contributed by atoms with van der Waals surface area (Å²) in [4.78, 5) is 17.3. The van der Waals surface area contributed by atoms with Crippen LogP contribution < -0.4 is 5.32 Å². The summed E-state index contributed by atoms with van der Waals surface area (Å²) in [6, 6.07) is 17.7. The van der Waals surface area contributed by atoms with Gasteiger partial charge in [0, 0.05) is 43.1 Å². The minimum absolute atomic E-state index is 0.0816. The van der Waals surface area contributed by atoms with Crippen LogP contribution >= 0.6 is 0 Å². The van der Waals surface area contributed by atoms with Gasteiger partial charge >= 0.3 is 12.3 Å². The number of anilines is 1. The SMILES string of the molecule is Cc1nnn(C)c1-c1cnc2c3ccc(NC(=O)OCCC(F)(F)F)cc3n(C(c3ccccc3)C3CCOCC3)c2c1. The Bertz CT molecular complexity index is 1740. The first-order valence-electron chi connectivity index (χ1n) is 14.1. The number of carbonyl (C=O) groups is 1. The maximum atomic E-state index is 12.5. The van der Waals surface area contributed by atoms with Crippen LogP contribution in [-0.4, -0.2) is 56.6 Å². The number of rotatable bonds is 7. The molecule has 1 unspecified atom stereocenters. The van der Waals surface area contributed by atoms with Gasteiger partial charge in [-0.25, -0.2) is 9.48 Å². The van der Waals surface area contributed by atoms with Crippen LogP contribution in [0.1, 0.15) is 36.6 Å². The zero-order valence-electron chi connectivity index (χ0n) is 23.8. The predicted octanol–water partition coefficient (Wildman–Crippen LogP) is 6.81. The van der Waals surface area contributed by atoms with Gasteiger partial charge in [-0.05, 0) is 55.5 Å². The quantitative estimate of drug-likeness (QED) is 0.223. The molecule has 1 aliphatic heterocycles. The third-order valence-corrected chi connectivity index (χ3v) is 7.90. The Morgan fingerprint density at radius 1 is 1.12 bits per heavy atom. The summed E-state index contributed by atoms with van der Waals surface area (Å²) in [5.74, 6) is 0.252. The van der Waals surface area contributed by atoms with Crippen molar-refractivity contribution in [2.45, 2.75) is 38.4 Å². The molecule has 3 aromatic heterocycles. The maximum Gasteiger partial charge on any atom is 0.411 e. The second-order valence-electron chi connectivity index (χ2n) is 10.8. The number of aromatic nitrogens is 5. The van der Waals surface area contributed by atoms with Crippen LogP contribution in [0.25, 0.3) is 33.2 Å². The van der Waals surface area contributed by atoms with E-state index in [-0.39, 0.29) is 12.0 Å². The second kappa shape index (κ2) is 11.7. The van der Waals surface area contributed by atoms with Gasteiger partial charge in [-0.2, -0.15) is 13.2 Å². The molecule has 9 nitrogen and oxygen atoms in total. The molecule has 0 aliphatic carbocycles. The summed E-state index contributed by atoms with van der Waals surface area (Å²) >= 11 is 0. The van der Waals surface area contributed by atoms with Gasteiger partial charge in [0.05, 0.1) is 40.4 Å². The lowest BCUT2D eigenvalue weighted by atomic mass is 9.86. The zero-order valence-corrected chi connectivity index (χ0v) is 23.8. The van der Waals surface area contributed by atoms with Crippen molar-refractivity contribution in [1.29, 1.82) is 0 Å². The maximum absolute atomic E-state index is 12.5. The highest BCUT2D eigenvalue weighted by atomic mass is 19.4. The van der Waals surface area contributed by atoms with Gasteiger partial charge < -0.3 is 14.0 Å². The fourth-order valence-electron chi connectivity index (χ4n) is 6.00. The molecule has 1 amide bonds. The van der Waals surface area contributed by atoms with Gasteiger partial charge in [-0.1, -0.05) is 35.5 Å². The summed E-state index contributed by atoms with van der Waals surface area (Å²) in [6.45, 7) is 2.46. The lowest BCUT2D eigenvalue weighted by molar-refractivity contribution is -0.140. The zero-order chi connectivity index (χ0) is 30.1. The van der Waals surface area contributed by atoms with Gasteiger partial charge in [-0.15, -0.1) is 5.10 Å². The number of fused-ring (bicyclic) bond motifs is 3. The predicted molar refractivity (Wildman–Crippen MR) is 156 cm³/mol. The highest BCUT2D eigenvalue weighted by Crippen LogP contribution is 2.41. The average Bonchev–Trinajstić information content (AvgIpc) is 3.49. The standard InChI is InChI=1S/C31H31F3N6O3/c1-19-28(39(2)38-37-19)22-16-26-27(35-18-22)24-9-8-23(36-30(41)43-15-12-31(32,33)34)17-25(24)40(26)29(20-6-4-3-5-7-20)21-10-13-42-14-11-21/h3-9,16-18,21,29H,10-15H2,1-2H3,(H,36,41). The van der Waals surface area contributed by atoms with Crippen molar-refractivity contribution < 1.29 is 27.4 Å². The Hall–Kier alpha value is -4.45. The minimum atomic E-state index is -4.41. The van der Waals surface area contributed by atoms with Crippen LogP contribution in [-0.2, 0) is 16.5 Å². The molecule has 1 aliphatic rings. The van der Waals surface area contributed by atoms with Gasteiger partial charge in [0.2, 0.25) is 0 Å². The van der Waals surface area contributed by atoms with E-state index in [0.29, 0.717) is 18.9 Å². The van der Waals surface area contributed by atoms with Crippen LogP contribution in [0, 0.1) is 12.8 Å². The van der Waals surface area contributed by atoms with Crippen molar-refractivity contribution in [2.75, 3.05) is 25.1 Å². The van der Waals surface area contributed by atoms with E-state index in [9.17, 15) is 18.0 Å². The van der Waals surface area contributed by atoms with E-state index in [0.717, 1.165) is 57.3 Å². The van der Waals surface area contributed by atoms with E-state index < -0.39 is 25.3 Å². The first kappa shape index (κ1) is 28.7. The van der Waals surface area contributed by atoms with Crippen LogP contribution in [0.15, 0.2) is 60.8 Å². The molecule has 1 fully saturated rings. The topological polar surface area (TPSA) is 96.1 Å². The Balaban J connectivity index is 1.51. The number of ether oxygens (including phenoxy) is 2. The number of benzene rings is 2. The van der Waals surface area contributed by atoms with Gasteiger partial charge in [0.1, 0.15) is 6.61 Å². The van der Waals surface area contributed by atoms with Crippen LogP contribution in [0.4, 0.5) is 23.7 Å². The van der Waals surface area contributed by atoms with Crippen molar-refractivity contribution in [3.8, 4) is 11.3 Å². The monoisotopic (exact) mass is 592 g/mol. The number of pyridine rings is 1. The Morgan fingerprint density at radius 3 is 2.58 bits per heavy atom. The molecule has 0 saturated carbocycles. The van der Waals surface area contributed by atoms with E-state index in [1.807, 2.05) is 50.5 Å².